The fourth-order valence-corrected chi connectivity index (χ4v) is 3.19. The van der Waals surface area contributed by atoms with Crippen LogP contribution < -0.4 is 15.5 Å². The highest BCUT2D eigenvalue weighted by atomic mass is 127. The molecule has 0 aromatic carbocycles. The number of piperazine rings is 1. The van der Waals surface area contributed by atoms with Gasteiger partial charge in [0.2, 0.25) is 11.9 Å². The Balaban J connectivity index is 0.00000320. The Morgan fingerprint density at radius 1 is 1.17 bits per heavy atom. The van der Waals surface area contributed by atoms with Gasteiger partial charge in [-0.25, -0.2) is 9.97 Å². The van der Waals surface area contributed by atoms with Crippen molar-refractivity contribution in [2.75, 3.05) is 64.4 Å². The van der Waals surface area contributed by atoms with Crippen molar-refractivity contribution in [1.29, 1.82) is 0 Å². The number of nitrogens with one attached hydrogen (secondary N) is 2. The zero-order valence-corrected chi connectivity index (χ0v) is 20.1. The van der Waals surface area contributed by atoms with Gasteiger partial charge < -0.3 is 25.2 Å². The number of nitrogens with zero attached hydrogens (tertiary/aromatic N) is 5. The smallest absolute Gasteiger partial charge is 0.225 e. The molecule has 0 atom stereocenters. The first-order valence-corrected chi connectivity index (χ1v) is 10.6. The minimum Gasteiger partial charge on any atom is -0.381 e. The molecule has 1 aromatic heterocycles. The van der Waals surface area contributed by atoms with E-state index in [1.165, 1.54) is 12.8 Å². The summed E-state index contributed by atoms with van der Waals surface area (Å²) in [6, 6.07) is 1.81. The molecular weight excluding hydrogens is 497 g/mol. The van der Waals surface area contributed by atoms with E-state index in [1.54, 1.807) is 19.4 Å². The quantitative estimate of drug-likeness (QED) is 0.202. The Morgan fingerprint density at radius 2 is 1.87 bits per heavy atom. The van der Waals surface area contributed by atoms with E-state index in [4.69, 9.17) is 4.74 Å². The zero-order chi connectivity index (χ0) is 20.3. The maximum absolute atomic E-state index is 12.5. The highest BCUT2D eigenvalue weighted by molar-refractivity contribution is 14.0. The van der Waals surface area contributed by atoms with Crippen LogP contribution in [0.2, 0.25) is 0 Å². The van der Waals surface area contributed by atoms with Crippen molar-refractivity contribution >= 4 is 41.8 Å². The topological polar surface area (TPSA) is 95.0 Å². The molecule has 1 aromatic rings. The second-order valence-corrected chi connectivity index (χ2v) is 7.46. The van der Waals surface area contributed by atoms with Gasteiger partial charge in [0.25, 0.3) is 0 Å². The number of carbonyl (C=O) groups excluding carboxylic acids is 1. The maximum atomic E-state index is 12.5. The van der Waals surface area contributed by atoms with E-state index in [-0.39, 0.29) is 29.9 Å². The molecule has 0 unspecified atom stereocenters. The van der Waals surface area contributed by atoms with Crippen molar-refractivity contribution in [3.63, 3.8) is 0 Å². The second-order valence-electron chi connectivity index (χ2n) is 7.46. The highest BCUT2D eigenvalue weighted by Gasteiger charge is 2.22. The van der Waals surface area contributed by atoms with Gasteiger partial charge in [-0.05, 0) is 31.2 Å². The van der Waals surface area contributed by atoms with Crippen LogP contribution in [-0.4, -0.2) is 86.3 Å². The van der Waals surface area contributed by atoms with Gasteiger partial charge in [-0.15, -0.1) is 24.0 Å². The number of hydrogen-bond donors (Lipinski definition) is 2. The molecule has 3 rings (SSSR count). The van der Waals surface area contributed by atoms with Crippen molar-refractivity contribution in [2.45, 2.75) is 25.7 Å². The highest BCUT2D eigenvalue weighted by Crippen LogP contribution is 2.28. The van der Waals surface area contributed by atoms with E-state index in [0.717, 1.165) is 57.1 Å². The van der Waals surface area contributed by atoms with Gasteiger partial charge in [0, 0.05) is 78.3 Å². The van der Waals surface area contributed by atoms with Crippen LogP contribution in [-0.2, 0) is 9.53 Å². The summed E-state index contributed by atoms with van der Waals surface area (Å²) in [5.74, 6) is 2.43. The molecule has 10 heteroatoms. The van der Waals surface area contributed by atoms with Gasteiger partial charge in [-0.3, -0.25) is 9.79 Å². The van der Waals surface area contributed by atoms with Crippen LogP contribution in [0.15, 0.2) is 23.5 Å². The number of hydrogen-bond acceptors (Lipinski definition) is 6. The lowest BCUT2D eigenvalue weighted by Gasteiger charge is -2.34. The van der Waals surface area contributed by atoms with Crippen molar-refractivity contribution in [3.05, 3.63) is 18.5 Å². The standard InChI is InChI=1S/C20H33N7O2.HI/c1-21-19(22-9-3-15-29-16-17-4-5-17)23-10-6-18(28)26-11-13-27(14-12-26)20-24-7-2-8-25-20;/h2,7-8,17H,3-6,9-16H2,1H3,(H2,21,22,23);1H. The third kappa shape index (κ3) is 8.58. The minimum absolute atomic E-state index is 0. The van der Waals surface area contributed by atoms with Gasteiger partial charge >= 0.3 is 0 Å². The fraction of sp³-hybridized carbons (Fsp3) is 0.700. The SMILES string of the molecule is CN=C(NCCCOCC1CC1)NCCC(=O)N1CCN(c2ncccn2)CC1.I. The first kappa shape index (κ1) is 24.6. The average molecular weight is 531 g/mol. The molecule has 30 heavy (non-hydrogen) atoms. The van der Waals surface area contributed by atoms with Crippen LogP contribution in [0.1, 0.15) is 25.7 Å². The van der Waals surface area contributed by atoms with Crippen LogP contribution in [0.4, 0.5) is 5.95 Å². The van der Waals surface area contributed by atoms with Gasteiger partial charge in [-0.2, -0.15) is 0 Å². The van der Waals surface area contributed by atoms with Crippen molar-refractivity contribution in [3.8, 4) is 0 Å². The number of carbonyl (C=O) groups is 1. The molecule has 2 fully saturated rings. The number of anilines is 1. The summed E-state index contributed by atoms with van der Waals surface area (Å²) < 4.78 is 5.63. The fourth-order valence-electron chi connectivity index (χ4n) is 3.19. The lowest BCUT2D eigenvalue weighted by Crippen LogP contribution is -2.50. The number of guanidine groups is 1. The van der Waals surface area contributed by atoms with Crippen LogP contribution in [0, 0.1) is 5.92 Å². The Kier molecular flexibility index (Phi) is 11.1. The Hall–Kier alpha value is -1.69. The van der Waals surface area contributed by atoms with Crippen molar-refractivity contribution < 1.29 is 9.53 Å². The van der Waals surface area contributed by atoms with Gasteiger partial charge in [-0.1, -0.05) is 0 Å². The van der Waals surface area contributed by atoms with Crippen LogP contribution >= 0.6 is 24.0 Å². The summed E-state index contributed by atoms with van der Waals surface area (Å²) in [6.45, 7) is 5.97. The number of ether oxygens (including phenoxy) is 1. The van der Waals surface area contributed by atoms with Crippen molar-refractivity contribution in [2.24, 2.45) is 10.9 Å². The zero-order valence-electron chi connectivity index (χ0n) is 17.8. The summed E-state index contributed by atoms with van der Waals surface area (Å²) in [6.07, 6.45) is 7.53. The van der Waals surface area contributed by atoms with E-state index >= 15 is 0 Å². The molecule has 1 amide bonds. The Morgan fingerprint density at radius 3 is 2.53 bits per heavy atom. The maximum Gasteiger partial charge on any atom is 0.225 e. The monoisotopic (exact) mass is 531 g/mol. The number of aliphatic imine (C=N–C) groups is 1. The van der Waals surface area contributed by atoms with Gasteiger partial charge in [0.15, 0.2) is 5.96 Å². The molecule has 168 valence electrons. The van der Waals surface area contributed by atoms with Crippen molar-refractivity contribution in [1.82, 2.24) is 25.5 Å². The number of aromatic nitrogens is 2. The molecular formula is C20H34IN7O2. The van der Waals surface area contributed by atoms with E-state index in [9.17, 15) is 4.79 Å². The summed E-state index contributed by atoms with van der Waals surface area (Å²) in [4.78, 5) is 29.2. The summed E-state index contributed by atoms with van der Waals surface area (Å²) in [5.41, 5.74) is 0. The molecule has 1 aliphatic carbocycles. The predicted octanol–water partition coefficient (Wildman–Crippen LogP) is 1.12. The van der Waals surface area contributed by atoms with E-state index in [0.29, 0.717) is 26.1 Å². The van der Waals surface area contributed by atoms with Gasteiger partial charge in [0.05, 0.1) is 0 Å². The number of amides is 1. The molecule has 0 spiro atoms. The molecule has 0 bridgehead atoms. The van der Waals surface area contributed by atoms with Gasteiger partial charge in [0.1, 0.15) is 0 Å². The van der Waals surface area contributed by atoms with E-state index in [1.807, 2.05) is 11.0 Å². The molecule has 1 saturated carbocycles. The Labute approximate surface area is 196 Å². The number of rotatable bonds is 10. The minimum atomic E-state index is 0. The average Bonchev–Trinajstić information content (AvgIpc) is 3.60. The van der Waals surface area contributed by atoms with E-state index < -0.39 is 0 Å². The molecule has 2 aliphatic rings. The first-order chi connectivity index (χ1) is 14.3. The predicted molar refractivity (Wildman–Crippen MR) is 128 cm³/mol. The Bertz CT molecular complexity index is 650. The molecule has 1 aliphatic heterocycles. The third-order valence-electron chi connectivity index (χ3n) is 5.13. The number of halogens is 1. The largest absolute Gasteiger partial charge is 0.381 e. The lowest BCUT2D eigenvalue weighted by molar-refractivity contribution is -0.131. The molecule has 2 heterocycles. The molecule has 9 nitrogen and oxygen atoms in total. The second kappa shape index (κ2) is 13.6. The molecule has 2 N–H and O–H groups in total. The summed E-state index contributed by atoms with van der Waals surface area (Å²) in [7, 11) is 1.74. The third-order valence-corrected chi connectivity index (χ3v) is 5.13. The lowest BCUT2D eigenvalue weighted by atomic mass is 10.3. The van der Waals surface area contributed by atoms with E-state index in [2.05, 4.69) is 30.5 Å². The molecule has 1 saturated heterocycles. The molecule has 0 radical (unpaired) electrons. The van der Waals surface area contributed by atoms with Crippen LogP contribution in [0.25, 0.3) is 0 Å². The first-order valence-electron chi connectivity index (χ1n) is 10.6. The summed E-state index contributed by atoms with van der Waals surface area (Å²) >= 11 is 0. The van der Waals surface area contributed by atoms with Crippen LogP contribution in [0.5, 0.6) is 0 Å². The summed E-state index contributed by atoms with van der Waals surface area (Å²) in [5, 5.41) is 6.48. The van der Waals surface area contributed by atoms with Crippen LogP contribution in [0.3, 0.4) is 0 Å². The normalized spacial score (nSPS) is 16.8.